The van der Waals surface area contributed by atoms with E-state index in [1.807, 2.05) is 0 Å². The predicted molar refractivity (Wildman–Crippen MR) is 72.3 cm³/mol. The molecule has 1 aliphatic carbocycles. The Balaban J connectivity index is 1.99. The molecule has 104 valence electrons. The zero-order valence-electron chi connectivity index (χ0n) is 10.4. The monoisotopic (exact) mass is 286 g/mol. The molecule has 0 unspecified atom stereocenters. The average molecular weight is 286 g/mol. The van der Waals surface area contributed by atoms with Crippen LogP contribution in [0.25, 0.3) is 0 Å². The van der Waals surface area contributed by atoms with Gasteiger partial charge in [0.25, 0.3) is 5.76 Å². The molecule has 6 heteroatoms. The van der Waals surface area contributed by atoms with Crippen LogP contribution >= 0.6 is 11.8 Å². The zero-order valence-corrected chi connectivity index (χ0v) is 11.2. The third-order valence-corrected chi connectivity index (χ3v) is 4.03. The van der Waals surface area contributed by atoms with Gasteiger partial charge in [-0.15, -0.1) is 0 Å². The molecule has 3 N–H and O–H groups in total. The molecule has 0 heterocycles. The van der Waals surface area contributed by atoms with Gasteiger partial charge in [-0.1, -0.05) is 23.9 Å². The van der Waals surface area contributed by atoms with Gasteiger partial charge in [0.15, 0.2) is 0 Å². The Morgan fingerprint density at radius 2 is 2.11 bits per heavy atom. The molecule has 0 radical (unpaired) electrons. The van der Waals surface area contributed by atoms with Gasteiger partial charge < -0.3 is 11.1 Å². The van der Waals surface area contributed by atoms with E-state index in [0.29, 0.717) is 22.3 Å². The topological polar surface area (TPSA) is 55.1 Å². The fourth-order valence-electron chi connectivity index (χ4n) is 2.09. The van der Waals surface area contributed by atoms with E-state index in [1.54, 1.807) is 24.3 Å². The summed E-state index contributed by atoms with van der Waals surface area (Å²) in [6.07, 6.45) is 2.96. The largest absolute Gasteiger partial charge is 0.325 e. The van der Waals surface area contributed by atoms with Gasteiger partial charge in [-0.2, -0.15) is 8.78 Å². The predicted octanol–water partition coefficient (Wildman–Crippen LogP) is 3.21. The summed E-state index contributed by atoms with van der Waals surface area (Å²) in [6.45, 7) is 0. The van der Waals surface area contributed by atoms with Gasteiger partial charge in [0.05, 0.1) is 5.69 Å². The van der Waals surface area contributed by atoms with Crippen molar-refractivity contribution < 1.29 is 13.6 Å². The molecule has 1 saturated carbocycles. The van der Waals surface area contributed by atoms with Crippen molar-refractivity contribution in [2.75, 3.05) is 5.32 Å². The first-order valence-corrected chi connectivity index (χ1v) is 6.99. The number of carbonyl (C=O) groups is 1. The van der Waals surface area contributed by atoms with Crippen molar-refractivity contribution in [1.82, 2.24) is 0 Å². The normalized spacial score (nSPS) is 17.1. The molecule has 2 rings (SSSR count). The molecular weight excluding hydrogens is 270 g/mol. The summed E-state index contributed by atoms with van der Waals surface area (Å²) >= 11 is 0.425. The highest BCUT2D eigenvalue weighted by atomic mass is 32.2. The molecule has 0 spiro atoms. The highest BCUT2D eigenvalue weighted by Gasteiger charge is 2.34. The first-order chi connectivity index (χ1) is 8.98. The van der Waals surface area contributed by atoms with Crippen LogP contribution in [0.2, 0.25) is 0 Å². The minimum atomic E-state index is -2.51. The van der Waals surface area contributed by atoms with Crippen molar-refractivity contribution in [3.8, 4) is 0 Å². The van der Waals surface area contributed by atoms with Gasteiger partial charge in [0.1, 0.15) is 0 Å². The Kier molecular flexibility index (Phi) is 4.42. The number of thioether (sulfide) groups is 1. The standard InChI is InChI=1S/C13H16F2N2OS/c14-12(15)19-10-5-2-1-4-9(10)17-11(18)8-13(16)6-3-7-13/h1-2,4-5,12H,3,6-8,16H2,(H,17,18). The van der Waals surface area contributed by atoms with Gasteiger partial charge in [-0.25, -0.2) is 0 Å². The maximum Gasteiger partial charge on any atom is 0.288 e. The number of rotatable bonds is 5. The van der Waals surface area contributed by atoms with Gasteiger partial charge in [0, 0.05) is 16.9 Å². The Morgan fingerprint density at radius 3 is 2.68 bits per heavy atom. The zero-order chi connectivity index (χ0) is 13.9. The number of para-hydroxylation sites is 1. The van der Waals surface area contributed by atoms with Gasteiger partial charge in [-0.3, -0.25) is 4.79 Å². The van der Waals surface area contributed by atoms with E-state index in [0.717, 1.165) is 19.3 Å². The third kappa shape index (κ3) is 3.91. The van der Waals surface area contributed by atoms with Crippen molar-refractivity contribution in [3.05, 3.63) is 24.3 Å². The van der Waals surface area contributed by atoms with E-state index in [4.69, 9.17) is 5.73 Å². The van der Waals surface area contributed by atoms with E-state index in [1.165, 1.54) is 0 Å². The lowest BCUT2D eigenvalue weighted by molar-refractivity contribution is -0.118. The van der Waals surface area contributed by atoms with E-state index < -0.39 is 11.3 Å². The highest BCUT2D eigenvalue weighted by molar-refractivity contribution is 7.99. The number of benzene rings is 1. The third-order valence-electron chi connectivity index (χ3n) is 3.24. The van der Waals surface area contributed by atoms with Crippen LogP contribution in [0.15, 0.2) is 29.2 Å². The van der Waals surface area contributed by atoms with Crippen LogP contribution in [0.1, 0.15) is 25.7 Å². The molecule has 1 fully saturated rings. The molecule has 0 saturated heterocycles. The molecular formula is C13H16F2N2OS. The first kappa shape index (κ1) is 14.3. The van der Waals surface area contributed by atoms with Crippen LogP contribution in [0.3, 0.4) is 0 Å². The Labute approximate surface area is 114 Å². The second-order valence-electron chi connectivity index (χ2n) is 4.82. The minimum absolute atomic E-state index is 0.218. The molecule has 19 heavy (non-hydrogen) atoms. The van der Waals surface area contributed by atoms with E-state index >= 15 is 0 Å². The molecule has 1 aliphatic rings. The van der Waals surface area contributed by atoms with Crippen molar-refractivity contribution in [1.29, 1.82) is 0 Å². The summed E-state index contributed by atoms with van der Waals surface area (Å²) in [5.41, 5.74) is 6.00. The van der Waals surface area contributed by atoms with Crippen LogP contribution in [-0.2, 0) is 4.79 Å². The van der Waals surface area contributed by atoms with Crippen LogP contribution in [0.4, 0.5) is 14.5 Å². The second kappa shape index (κ2) is 5.88. The van der Waals surface area contributed by atoms with Crippen molar-refractivity contribution in [2.24, 2.45) is 5.73 Å². The number of nitrogens with one attached hydrogen (secondary N) is 1. The molecule has 0 atom stereocenters. The molecule has 0 aliphatic heterocycles. The molecule has 3 nitrogen and oxygen atoms in total. The summed E-state index contributed by atoms with van der Waals surface area (Å²) in [5.74, 6) is -2.73. The Bertz CT molecular complexity index is 464. The van der Waals surface area contributed by atoms with Crippen LogP contribution < -0.4 is 11.1 Å². The first-order valence-electron chi connectivity index (χ1n) is 6.11. The Hall–Kier alpha value is -1.14. The molecule has 0 aromatic heterocycles. The minimum Gasteiger partial charge on any atom is -0.325 e. The van der Waals surface area contributed by atoms with Crippen molar-refractivity contribution in [3.63, 3.8) is 0 Å². The summed E-state index contributed by atoms with van der Waals surface area (Å²) in [4.78, 5) is 12.2. The lowest BCUT2D eigenvalue weighted by Crippen LogP contribution is -2.48. The lowest BCUT2D eigenvalue weighted by Gasteiger charge is -2.37. The SMILES string of the molecule is NC1(CC(=O)Nc2ccccc2SC(F)F)CCC1. The molecule has 1 aromatic carbocycles. The number of halogens is 2. The van der Waals surface area contributed by atoms with Crippen LogP contribution in [0.5, 0.6) is 0 Å². The molecule has 1 amide bonds. The quantitative estimate of drug-likeness (QED) is 0.817. The van der Waals surface area contributed by atoms with E-state index in [9.17, 15) is 13.6 Å². The van der Waals surface area contributed by atoms with Crippen LogP contribution in [-0.4, -0.2) is 17.2 Å². The number of hydrogen-bond acceptors (Lipinski definition) is 3. The highest BCUT2D eigenvalue weighted by Crippen LogP contribution is 2.34. The number of alkyl halides is 2. The summed E-state index contributed by atoms with van der Waals surface area (Å²) in [7, 11) is 0. The summed E-state index contributed by atoms with van der Waals surface area (Å²) in [5, 5.41) is 2.67. The molecule has 1 aromatic rings. The van der Waals surface area contributed by atoms with E-state index in [-0.39, 0.29) is 12.3 Å². The van der Waals surface area contributed by atoms with Gasteiger partial charge in [0.2, 0.25) is 5.91 Å². The summed E-state index contributed by atoms with van der Waals surface area (Å²) in [6, 6.07) is 6.55. The number of nitrogens with two attached hydrogens (primary N) is 1. The number of hydrogen-bond donors (Lipinski definition) is 2. The summed E-state index contributed by atoms with van der Waals surface area (Å²) < 4.78 is 24.8. The fourth-order valence-corrected chi connectivity index (χ4v) is 2.69. The number of anilines is 1. The average Bonchev–Trinajstić information content (AvgIpc) is 2.29. The van der Waals surface area contributed by atoms with E-state index in [2.05, 4.69) is 5.32 Å². The van der Waals surface area contributed by atoms with Gasteiger partial charge in [-0.05, 0) is 31.4 Å². The second-order valence-corrected chi connectivity index (χ2v) is 5.85. The van der Waals surface area contributed by atoms with Crippen molar-refractivity contribution in [2.45, 2.75) is 41.9 Å². The lowest BCUT2D eigenvalue weighted by atomic mass is 9.75. The smallest absolute Gasteiger partial charge is 0.288 e. The Morgan fingerprint density at radius 1 is 1.42 bits per heavy atom. The van der Waals surface area contributed by atoms with Gasteiger partial charge >= 0.3 is 0 Å². The molecule has 0 bridgehead atoms. The van der Waals surface area contributed by atoms with Crippen LogP contribution in [0, 0.1) is 0 Å². The number of carbonyl (C=O) groups excluding carboxylic acids is 1. The maximum atomic E-state index is 12.4. The fraction of sp³-hybridized carbons (Fsp3) is 0.462. The van der Waals surface area contributed by atoms with Crippen molar-refractivity contribution >= 4 is 23.4 Å². The number of amides is 1. The maximum absolute atomic E-state index is 12.4.